The maximum absolute atomic E-state index is 12.9. The molecular formula is C22H30N4O. The van der Waals surface area contributed by atoms with Crippen LogP contribution in [0.3, 0.4) is 0 Å². The lowest BCUT2D eigenvalue weighted by molar-refractivity contribution is 0.0705. The number of benzene rings is 1. The van der Waals surface area contributed by atoms with Crippen molar-refractivity contribution in [2.45, 2.75) is 52.1 Å². The predicted molar refractivity (Wildman–Crippen MR) is 107 cm³/mol. The van der Waals surface area contributed by atoms with Gasteiger partial charge in [0.15, 0.2) is 0 Å². The van der Waals surface area contributed by atoms with Crippen molar-refractivity contribution in [3.63, 3.8) is 0 Å². The Morgan fingerprint density at radius 2 is 1.93 bits per heavy atom. The van der Waals surface area contributed by atoms with E-state index in [0.717, 1.165) is 60.9 Å². The largest absolute Gasteiger partial charge is 0.339 e. The van der Waals surface area contributed by atoms with Gasteiger partial charge >= 0.3 is 0 Å². The van der Waals surface area contributed by atoms with Crippen LogP contribution in [0, 0.1) is 19.8 Å². The Hall–Kier alpha value is -2.14. The zero-order valence-corrected chi connectivity index (χ0v) is 16.4. The van der Waals surface area contributed by atoms with Gasteiger partial charge in [0.25, 0.3) is 5.91 Å². The molecule has 2 fully saturated rings. The number of nitrogens with zero attached hydrogens (tertiary/aromatic N) is 3. The fraction of sp³-hybridized carbons (Fsp3) is 0.545. The minimum Gasteiger partial charge on any atom is -0.339 e. The first kappa shape index (κ1) is 18.2. The number of carbonyl (C=O) groups is 1. The molecule has 0 radical (unpaired) electrons. The van der Waals surface area contributed by atoms with Crippen LogP contribution in [0.5, 0.6) is 0 Å². The van der Waals surface area contributed by atoms with Crippen molar-refractivity contribution in [3.8, 4) is 0 Å². The normalized spacial score (nSPS) is 18.1. The summed E-state index contributed by atoms with van der Waals surface area (Å²) < 4.78 is 2.00. The predicted octanol–water partition coefficient (Wildman–Crippen LogP) is 3.15. The van der Waals surface area contributed by atoms with Gasteiger partial charge in [-0.15, -0.1) is 0 Å². The lowest BCUT2D eigenvalue weighted by Gasteiger charge is -2.32. The van der Waals surface area contributed by atoms with Crippen LogP contribution in [-0.4, -0.2) is 46.3 Å². The summed E-state index contributed by atoms with van der Waals surface area (Å²) in [6.45, 7) is 7.63. The number of aromatic nitrogens is 2. The van der Waals surface area contributed by atoms with Crippen molar-refractivity contribution < 1.29 is 4.79 Å². The molecule has 2 aliphatic rings. The summed E-state index contributed by atoms with van der Waals surface area (Å²) in [7, 11) is 0. The minimum absolute atomic E-state index is 0.158. The van der Waals surface area contributed by atoms with Crippen molar-refractivity contribution in [1.82, 2.24) is 20.0 Å². The number of nitrogens with one attached hydrogen (secondary N) is 1. The van der Waals surface area contributed by atoms with Gasteiger partial charge in [0.1, 0.15) is 0 Å². The lowest BCUT2D eigenvalue weighted by Crippen LogP contribution is -2.45. The monoisotopic (exact) mass is 366 g/mol. The Morgan fingerprint density at radius 3 is 2.59 bits per heavy atom. The maximum Gasteiger partial charge on any atom is 0.253 e. The van der Waals surface area contributed by atoms with Crippen molar-refractivity contribution >= 4 is 5.91 Å². The van der Waals surface area contributed by atoms with Crippen molar-refractivity contribution in [2.24, 2.45) is 5.92 Å². The van der Waals surface area contributed by atoms with Crippen LogP contribution in [0.25, 0.3) is 0 Å². The van der Waals surface area contributed by atoms with Gasteiger partial charge in [-0.2, -0.15) is 5.10 Å². The second kappa shape index (κ2) is 7.85. The molecule has 0 spiro atoms. The molecule has 5 nitrogen and oxygen atoms in total. The molecule has 2 aromatic rings. The van der Waals surface area contributed by atoms with E-state index in [9.17, 15) is 4.79 Å². The molecule has 144 valence electrons. The van der Waals surface area contributed by atoms with E-state index in [4.69, 9.17) is 0 Å². The molecule has 1 aromatic carbocycles. The number of hydrogen-bond donors (Lipinski definition) is 1. The van der Waals surface area contributed by atoms with E-state index >= 15 is 0 Å². The van der Waals surface area contributed by atoms with Crippen LogP contribution in [0.15, 0.2) is 30.3 Å². The second-order valence-electron chi connectivity index (χ2n) is 8.20. The van der Waals surface area contributed by atoms with Gasteiger partial charge in [-0.1, -0.05) is 12.1 Å². The molecule has 1 saturated carbocycles. The molecule has 1 amide bonds. The quantitative estimate of drug-likeness (QED) is 0.854. The molecule has 1 aliphatic heterocycles. The Bertz CT molecular complexity index is 800. The highest BCUT2D eigenvalue weighted by Gasteiger charge is 2.26. The second-order valence-corrected chi connectivity index (χ2v) is 8.20. The number of aryl methyl sites for hydroxylation is 2. The zero-order chi connectivity index (χ0) is 18.8. The first-order chi connectivity index (χ1) is 13.1. The Morgan fingerprint density at radius 1 is 1.15 bits per heavy atom. The maximum atomic E-state index is 12.9. The van der Waals surface area contributed by atoms with Crippen molar-refractivity contribution in [2.75, 3.05) is 19.6 Å². The average Bonchev–Trinajstić information content (AvgIpc) is 3.45. The number of piperidine rings is 1. The Labute approximate surface area is 161 Å². The topological polar surface area (TPSA) is 50.2 Å². The number of likely N-dealkylation sites (tertiary alicyclic amines) is 1. The van der Waals surface area contributed by atoms with E-state index in [1.165, 1.54) is 12.8 Å². The molecule has 1 aromatic heterocycles. The van der Waals surface area contributed by atoms with Crippen LogP contribution in [0.4, 0.5) is 0 Å². The summed E-state index contributed by atoms with van der Waals surface area (Å²) in [5, 5.41) is 8.21. The smallest absolute Gasteiger partial charge is 0.253 e. The number of rotatable bonds is 6. The molecular weight excluding hydrogens is 336 g/mol. The molecule has 1 aliphatic carbocycles. The third-order valence-corrected chi connectivity index (χ3v) is 5.78. The average molecular weight is 367 g/mol. The number of amides is 1. The van der Waals surface area contributed by atoms with E-state index in [0.29, 0.717) is 12.6 Å². The molecule has 0 unspecified atom stereocenters. The lowest BCUT2D eigenvalue weighted by atomic mass is 10.0. The van der Waals surface area contributed by atoms with Gasteiger partial charge < -0.3 is 10.2 Å². The standard InChI is InChI=1S/C22H30N4O/c1-16-12-17(2)26(24-16)15-19-4-3-5-20(13-19)22(27)25-10-8-21(9-11-25)23-14-18-6-7-18/h3-5,12-13,18,21,23H,6-11,14-15H2,1-2H3. The minimum atomic E-state index is 0.158. The van der Waals surface area contributed by atoms with Crippen LogP contribution >= 0.6 is 0 Å². The molecule has 27 heavy (non-hydrogen) atoms. The number of hydrogen-bond acceptors (Lipinski definition) is 3. The summed E-state index contributed by atoms with van der Waals surface area (Å²) in [6.07, 6.45) is 4.89. The van der Waals surface area contributed by atoms with E-state index in [2.05, 4.69) is 29.5 Å². The first-order valence-corrected chi connectivity index (χ1v) is 10.2. The van der Waals surface area contributed by atoms with Gasteiger partial charge in [0, 0.05) is 30.4 Å². The SMILES string of the molecule is Cc1cc(C)n(Cc2cccc(C(=O)N3CCC(NCC4CC4)CC3)c2)n1. The third kappa shape index (κ3) is 4.59. The number of carbonyl (C=O) groups excluding carboxylic acids is 1. The fourth-order valence-electron chi connectivity index (χ4n) is 3.94. The Kier molecular flexibility index (Phi) is 5.30. The van der Waals surface area contributed by atoms with Crippen molar-refractivity contribution in [1.29, 1.82) is 0 Å². The third-order valence-electron chi connectivity index (χ3n) is 5.78. The van der Waals surface area contributed by atoms with Crippen LogP contribution in [0.2, 0.25) is 0 Å². The molecule has 1 saturated heterocycles. The van der Waals surface area contributed by atoms with Gasteiger partial charge in [-0.05, 0) is 75.8 Å². The van der Waals surface area contributed by atoms with Gasteiger partial charge in [-0.25, -0.2) is 0 Å². The van der Waals surface area contributed by atoms with Gasteiger partial charge in [-0.3, -0.25) is 9.48 Å². The van der Waals surface area contributed by atoms with E-state index in [1.807, 2.05) is 34.7 Å². The van der Waals surface area contributed by atoms with Crippen LogP contribution in [-0.2, 0) is 6.54 Å². The van der Waals surface area contributed by atoms with Gasteiger partial charge in [0.2, 0.25) is 0 Å². The summed E-state index contributed by atoms with van der Waals surface area (Å²) in [6, 6.07) is 10.7. The van der Waals surface area contributed by atoms with Gasteiger partial charge in [0.05, 0.1) is 12.2 Å². The van der Waals surface area contributed by atoms with Crippen molar-refractivity contribution in [3.05, 3.63) is 52.8 Å². The molecule has 5 heteroatoms. The highest BCUT2D eigenvalue weighted by molar-refractivity contribution is 5.94. The summed E-state index contributed by atoms with van der Waals surface area (Å²) in [5.41, 5.74) is 4.08. The molecule has 4 rings (SSSR count). The summed E-state index contributed by atoms with van der Waals surface area (Å²) in [4.78, 5) is 15.0. The summed E-state index contributed by atoms with van der Waals surface area (Å²) >= 11 is 0. The fourth-order valence-corrected chi connectivity index (χ4v) is 3.94. The Balaban J connectivity index is 1.35. The summed E-state index contributed by atoms with van der Waals surface area (Å²) in [5.74, 6) is 1.07. The molecule has 2 heterocycles. The highest BCUT2D eigenvalue weighted by Crippen LogP contribution is 2.28. The van der Waals surface area contributed by atoms with Crippen LogP contribution in [0.1, 0.15) is 53.0 Å². The van der Waals surface area contributed by atoms with Crippen LogP contribution < -0.4 is 5.32 Å². The van der Waals surface area contributed by atoms with E-state index in [1.54, 1.807) is 0 Å². The van der Waals surface area contributed by atoms with E-state index < -0.39 is 0 Å². The first-order valence-electron chi connectivity index (χ1n) is 10.2. The highest BCUT2D eigenvalue weighted by atomic mass is 16.2. The van der Waals surface area contributed by atoms with E-state index in [-0.39, 0.29) is 5.91 Å². The molecule has 0 bridgehead atoms. The molecule has 1 N–H and O–H groups in total. The molecule has 0 atom stereocenters. The zero-order valence-electron chi connectivity index (χ0n) is 16.4.